The van der Waals surface area contributed by atoms with Gasteiger partial charge in [0.25, 0.3) is 10.0 Å². The van der Waals surface area contributed by atoms with Gasteiger partial charge in [-0.3, -0.25) is 0 Å². The van der Waals surface area contributed by atoms with Crippen LogP contribution in [-0.2, 0) is 19.9 Å². The molecule has 1 aliphatic heterocycles. The molecule has 1 aromatic rings. The molecular weight excluding hydrogens is 314 g/mol. The Morgan fingerprint density at radius 1 is 1.43 bits per heavy atom. The predicted molar refractivity (Wildman–Crippen MR) is 80.4 cm³/mol. The SMILES string of the molecule is CCNc1cccnc1S(=O)(=O)NC1CCCS(=O)(=O)C1. The first kappa shape index (κ1) is 16.2. The number of anilines is 1. The van der Waals surface area contributed by atoms with Crippen molar-refractivity contribution < 1.29 is 16.8 Å². The van der Waals surface area contributed by atoms with Crippen LogP contribution < -0.4 is 10.0 Å². The van der Waals surface area contributed by atoms with E-state index in [1.807, 2.05) is 6.92 Å². The van der Waals surface area contributed by atoms with Crippen LogP contribution in [0.5, 0.6) is 0 Å². The first-order chi connectivity index (χ1) is 9.84. The number of rotatable bonds is 5. The van der Waals surface area contributed by atoms with Gasteiger partial charge in [-0.05, 0) is 31.9 Å². The fourth-order valence-electron chi connectivity index (χ4n) is 2.32. The van der Waals surface area contributed by atoms with Crippen LogP contribution in [0.25, 0.3) is 0 Å². The van der Waals surface area contributed by atoms with Gasteiger partial charge >= 0.3 is 0 Å². The van der Waals surface area contributed by atoms with E-state index in [0.29, 0.717) is 25.1 Å². The Bertz CT molecular complexity index is 701. The molecule has 21 heavy (non-hydrogen) atoms. The van der Waals surface area contributed by atoms with Crippen LogP contribution in [0.3, 0.4) is 0 Å². The zero-order valence-electron chi connectivity index (χ0n) is 11.7. The quantitative estimate of drug-likeness (QED) is 0.806. The molecule has 1 unspecified atom stereocenters. The summed E-state index contributed by atoms with van der Waals surface area (Å²) in [6.45, 7) is 2.41. The molecule has 0 saturated carbocycles. The molecule has 7 nitrogen and oxygen atoms in total. The van der Waals surface area contributed by atoms with Gasteiger partial charge in [0.2, 0.25) is 0 Å². The Morgan fingerprint density at radius 3 is 2.86 bits per heavy atom. The minimum Gasteiger partial charge on any atom is -0.383 e. The van der Waals surface area contributed by atoms with Crippen molar-refractivity contribution in [3.8, 4) is 0 Å². The Labute approximate surface area is 125 Å². The maximum Gasteiger partial charge on any atom is 0.260 e. The second-order valence-electron chi connectivity index (χ2n) is 4.96. The predicted octanol–water partition coefficient (Wildman–Crippen LogP) is 0.369. The van der Waals surface area contributed by atoms with E-state index in [9.17, 15) is 16.8 Å². The third-order valence-corrected chi connectivity index (χ3v) is 6.48. The van der Waals surface area contributed by atoms with Gasteiger partial charge < -0.3 is 5.32 Å². The van der Waals surface area contributed by atoms with Crippen molar-refractivity contribution in [2.45, 2.75) is 30.8 Å². The second kappa shape index (κ2) is 6.29. The van der Waals surface area contributed by atoms with Gasteiger partial charge in [0.05, 0.1) is 17.2 Å². The molecule has 2 rings (SSSR count). The van der Waals surface area contributed by atoms with Gasteiger partial charge in [0, 0.05) is 18.8 Å². The summed E-state index contributed by atoms with van der Waals surface area (Å²) >= 11 is 0. The van der Waals surface area contributed by atoms with Crippen LogP contribution in [0.1, 0.15) is 19.8 Å². The summed E-state index contributed by atoms with van der Waals surface area (Å²) in [6.07, 6.45) is 2.38. The average Bonchev–Trinajstić information content (AvgIpc) is 2.38. The van der Waals surface area contributed by atoms with E-state index >= 15 is 0 Å². The standard InChI is InChI=1S/C12H19N3O4S2/c1-2-13-11-6-3-7-14-12(11)21(18,19)15-10-5-4-8-20(16,17)9-10/h3,6-7,10,13,15H,2,4-5,8-9H2,1H3. The zero-order chi connectivity index (χ0) is 15.5. The molecule has 1 aromatic heterocycles. The Balaban J connectivity index is 2.23. The molecule has 1 saturated heterocycles. The Kier molecular flexibility index (Phi) is 4.84. The minimum atomic E-state index is -3.85. The molecular formula is C12H19N3O4S2. The number of sulfone groups is 1. The molecule has 0 bridgehead atoms. The van der Waals surface area contributed by atoms with E-state index in [-0.39, 0.29) is 16.5 Å². The number of aromatic nitrogens is 1. The third-order valence-electron chi connectivity index (χ3n) is 3.18. The molecule has 0 radical (unpaired) electrons. The smallest absolute Gasteiger partial charge is 0.260 e. The maximum atomic E-state index is 12.4. The Morgan fingerprint density at radius 2 is 2.19 bits per heavy atom. The summed E-state index contributed by atoms with van der Waals surface area (Å²) in [4.78, 5) is 3.91. The second-order valence-corrected chi connectivity index (χ2v) is 8.82. The fourth-order valence-corrected chi connectivity index (χ4v) is 5.44. The van der Waals surface area contributed by atoms with E-state index in [1.165, 1.54) is 6.20 Å². The number of nitrogens with zero attached hydrogens (tertiary/aromatic N) is 1. The van der Waals surface area contributed by atoms with Crippen molar-refractivity contribution in [2.24, 2.45) is 0 Å². The van der Waals surface area contributed by atoms with Crippen LogP contribution in [0.2, 0.25) is 0 Å². The normalized spacial score (nSPS) is 21.9. The van der Waals surface area contributed by atoms with E-state index in [4.69, 9.17) is 0 Å². The van der Waals surface area contributed by atoms with Crippen LogP contribution in [0.4, 0.5) is 5.69 Å². The van der Waals surface area contributed by atoms with Gasteiger partial charge in [-0.25, -0.2) is 26.5 Å². The van der Waals surface area contributed by atoms with Crippen molar-refractivity contribution in [1.82, 2.24) is 9.71 Å². The summed E-state index contributed by atoms with van der Waals surface area (Å²) in [5, 5.41) is 2.83. The van der Waals surface area contributed by atoms with E-state index in [2.05, 4.69) is 15.0 Å². The van der Waals surface area contributed by atoms with Crippen molar-refractivity contribution in [1.29, 1.82) is 0 Å². The molecule has 0 amide bonds. The number of sulfonamides is 1. The molecule has 1 aliphatic rings. The zero-order valence-corrected chi connectivity index (χ0v) is 13.4. The van der Waals surface area contributed by atoms with Gasteiger partial charge in [-0.2, -0.15) is 0 Å². The summed E-state index contributed by atoms with van der Waals surface area (Å²) in [5.41, 5.74) is 0.408. The van der Waals surface area contributed by atoms with Gasteiger partial charge in [-0.1, -0.05) is 0 Å². The molecule has 0 spiro atoms. The topological polar surface area (TPSA) is 105 Å². The Hall–Kier alpha value is -1.19. The van der Waals surface area contributed by atoms with Gasteiger partial charge in [0.1, 0.15) is 0 Å². The summed E-state index contributed by atoms with van der Waals surface area (Å²) < 4.78 is 50.4. The van der Waals surface area contributed by atoms with Crippen LogP contribution >= 0.6 is 0 Å². The molecule has 9 heteroatoms. The van der Waals surface area contributed by atoms with Crippen LogP contribution in [-0.4, -0.2) is 45.9 Å². The highest BCUT2D eigenvalue weighted by Crippen LogP contribution is 2.20. The van der Waals surface area contributed by atoms with Crippen molar-refractivity contribution in [2.75, 3.05) is 23.4 Å². The number of pyridine rings is 1. The molecule has 1 atom stereocenters. The molecule has 2 N–H and O–H groups in total. The van der Waals surface area contributed by atoms with Crippen LogP contribution in [0, 0.1) is 0 Å². The number of hydrogen-bond donors (Lipinski definition) is 2. The highest BCUT2D eigenvalue weighted by atomic mass is 32.2. The summed E-state index contributed by atoms with van der Waals surface area (Å²) in [5.74, 6) is -0.0347. The lowest BCUT2D eigenvalue weighted by Crippen LogP contribution is -2.43. The lowest BCUT2D eigenvalue weighted by Gasteiger charge is -2.23. The van der Waals surface area contributed by atoms with Crippen molar-refractivity contribution in [3.05, 3.63) is 18.3 Å². The van der Waals surface area contributed by atoms with E-state index < -0.39 is 25.9 Å². The average molecular weight is 333 g/mol. The van der Waals surface area contributed by atoms with Crippen molar-refractivity contribution in [3.63, 3.8) is 0 Å². The highest BCUT2D eigenvalue weighted by molar-refractivity contribution is 7.91. The number of hydrogen-bond acceptors (Lipinski definition) is 6. The van der Waals surface area contributed by atoms with E-state index in [0.717, 1.165) is 0 Å². The summed E-state index contributed by atoms with van der Waals surface area (Å²) in [6, 6.07) is 2.68. The number of nitrogens with one attached hydrogen (secondary N) is 2. The first-order valence-electron chi connectivity index (χ1n) is 6.76. The van der Waals surface area contributed by atoms with Gasteiger partial charge in [-0.15, -0.1) is 0 Å². The largest absolute Gasteiger partial charge is 0.383 e. The van der Waals surface area contributed by atoms with Crippen LogP contribution in [0.15, 0.2) is 23.4 Å². The molecule has 0 aromatic carbocycles. The highest BCUT2D eigenvalue weighted by Gasteiger charge is 2.30. The molecule has 118 valence electrons. The summed E-state index contributed by atoms with van der Waals surface area (Å²) in [7, 11) is -7.02. The lowest BCUT2D eigenvalue weighted by molar-refractivity contribution is 0.516. The fraction of sp³-hybridized carbons (Fsp3) is 0.583. The first-order valence-corrected chi connectivity index (χ1v) is 10.1. The molecule has 2 heterocycles. The third kappa shape index (κ3) is 4.14. The lowest BCUT2D eigenvalue weighted by atomic mass is 10.2. The van der Waals surface area contributed by atoms with E-state index in [1.54, 1.807) is 12.1 Å². The van der Waals surface area contributed by atoms with Crippen molar-refractivity contribution >= 4 is 25.5 Å². The minimum absolute atomic E-state index is 0.102. The monoisotopic (exact) mass is 333 g/mol. The molecule has 1 fully saturated rings. The van der Waals surface area contributed by atoms with Gasteiger partial charge in [0.15, 0.2) is 14.9 Å². The molecule has 0 aliphatic carbocycles. The maximum absolute atomic E-state index is 12.4.